The van der Waals surface area contributed by atoms with Gasteiger partial charge in [0.25, 0.3) is 11.8 Å². The molecule has 2 saturated heterocycles. The van der Waals surface area contributed by atoms with Crippen molar-refractivity contribution in [1.82, 2.24) is 15.2 Å². The number of amides is 1. The standard InChI is InChI=1S/C20H30F2N4O/c1-19(2,3)17-12-26(13-20(17,21)22)14-7-9-25(10-8-14)15-5-6-16(24-11-15)18(27)23-4/h5-6,11,14,17H,7-10,12-13H2,1-4H3,(H,23,27). The Morgan fingerprint density at radius 1 is 1.26 bits per heavy atom. The molecule has 3 rings (SSSR count). The van der Waals surface area contributed by atoms with E-state index in [-0.39, 0.29) is 18.5 Å². The first-order valence-corrected chi connectivity index (χ1v) is 9.67. The number of likely N-dealkylation sites (tertiary alicyclic amines) is 1. The highest BCUT2D eigenvalue weighted by Crippen LogP contribution is 2.45. The van der Waals surface area contributed by atoms with Gasteiger partial charge >= 0.3 is 0 Å². The third-order valence-corrected chi connectivity index (χ3v) is 5.94. The van der Waals surface area contributed by atoms with Crippen LogP contribution in [0.2, 0.25) is 0 Å². The van der Waals surface area contributed by atoms with Gasteiger partial charge in [0.15, 0.2) is 0 Å². The first-order valence-electron chi connectivity index (χ1n) is 9.67. The van der Waals surface area contributed by atoms with Gasteiger partial charge in [-0.05, 0) is 30.4 Å². The summed E-state index contributed by atoms with van der Waals surface area (Å²) in [5, 5.41) is 2.56. The van der Waals surface area contributed by atoms with Crippen LogP contribution >= 0.6 is 0 Å². The maximum Gasteiger partial charge on any atom is 0.269 e. The monoisotopic (exact) mass is 380 g/mol. The van der Waals surface area contributed by atoms with Crippen molar-refractivity contribution in [3.63, 3.8) is 0 Å². The quantitative estimate of drug-likeness (QED) is 0.876. The van der Waals surface area contributed by atoms with Crippen LogP contribution < -0.4 is 10.2 Å². The smallest absolute Gasteiger partial charge is 0.269 e. The van der Waals surface area contributed by atoms with Crippen LogP contribution in [0.15, 0.2) is 18.3 Å². The lowest BCUT2D eigenvalue weighted by Gasteiger charge is -2.38. The molecule has 1 aromatic heterocycles. The summed E-state index contributed by atoms with van der Waals surface area (Å²) in [7, 11) is 1.58. The molecule has 7 heteroatoms. The van der Waals surface area contributed by atoms with E-state index in [0.29, 0.717) is 12.2 Å². The van der Waals surface area contributed by atoms with Gasteiger partial charge in [-0.25, -0.2) is 13.8 Å². The van der Waals surface area contributed by atoms with E-state index in [1.807, 2.05) is 31.7 Å². The van der Waals surface area contributed by atoms with E-state index in [4.69, 9.17) is 0 Å². The molecule has 1 amide bonds. The number of hydrogen-bond acceptors (Lipinski definition) is 4. The molecule has 3 heterocycles. The SMILES string of the molecule is CNC(=O)c1ccc(N2CCC(N3CC(C(C)(C)C)C(F)(F)C3)CC2)cn1. The maximum atomic E-state index is 14.5. The minimum atomic E-state index is -2.62. The average molecular weight is 380 g/mol. The minimum absolute atomic E-state index is 0.123. The zero-order valence-electron chi connectivity index (χ0n) is 16.6. The zero-order chi connectivity index (χ0) is 19.8. The predicted molar refractivity (Wildman–Crippen MR) is 102 cm³/mol. The van der Waals surface area contributed by atoms with E-state index in [1.165, 1.54) is 0 Å². The second-order valence-electron chi connectivity index (χ2n) is 8.81. The van der Waals surface area contributed by atoms with Crippen LogP contribution in [0, 0.1) is 11.3 Å². The van der Waals surface area contributed by atoms with Crippen molar-refractivity contribution in [2.24, 2.45) is 11.3 Å². The molecule has 0 aliphatic carbocycles. The van der Waals surface area contributed by atoms with Crippen molar-refractivity contribution in [2.45, 2.75) is 45.6 Å². The lowest BCUT2D eigenvalue weighted by atomic mass is 9.78. The van der Waals surface area contributed by atoms with Gasteiger partial charge in [0.05, 0.1) is 18.4 Å². The van der Waals surface area contributed by atoms with Crippen molar-refractivity contribution in [2.75, 3.05) is 38.1 Å². The molecule has 150 valence electrons. The lowest BCUT2D eigenvalue weighted by molar-refractivity contribution is -0.0634. The molecule has 0 bridgehead atoms. The Hall–Kier alpha value is -1.76. The van der Waals surface area contributed by atoms with Gasteiger partial charge in [-0.3, -0.25) is 9.69 Å². The maximum absolute atomic E-state index is 14.5. The molecule has 2 fully saturated rings. The predicted octanol–water partition coefficient (Wildman–Crippen LogP) is 3.02. The summed E-state index contributed by atoms with van der Waals surface area (Å²) >= 11 is 0. The number of piperidine rings is 1. The Morgan fingerprint density at radius 2 is 1.93 bits per heavy atom. The second kappa shape index (κ2) is 7.34. The summed E-state index contributed by atoms with van der Waals surface area (Å²) in [6, 6.07) is 3.82. The molecule has 2 aliphatic rings. The number of halogens is 2. The van der Waals surface area contributed by atoms with Gasteiger partial charge in [0.2, 0.25) is 0 Å². The topological polar surface area (TPSA) is 48.5 Å². The largest absolute Gasteiger partial charge is 0.370 e. The summed E-state index contributed by atoms with van der Waals surface area (Å²) in [4.78, 5) is 20.0. The summed E-state index contributed by atoms with van der Waals surface area (Å²) < 4.78 is 29.0. The summed E-state index contributed by atoms with van der Waals surface area (Å²) in [5.74, 6) is -3.41. The highest BCUT2D eigenvalue weighted by atomic mass is 19.3. The molecule has 0 aromatic carbocycles. The Bertz CT molecular complexity index is 664. The summed E-state index contributed by atoms with van der Waals surface area (Å²) in [5.41, 5.74) is 0.973. The number of carbonyl (C=O) groups excluding carboxylic acids is 1. The number of nitrogens with zero attached hydrogens (tertiary/aromatic N) is 3. The van der Waals surface area contributed by atoms with E-state index < -0.39 is 17.3 Å². The van der Waals surface area contributed by atoms with Gasteiger partial charge < -0.3 is 10.2 Å². The molecular formula is C20H30F2N4O. The molecule has 0 radical (unpaired) electrons. The van der Waals surface area contributed by atoms with E-state index in [1.54, 1.807) is 19.3 Å². The van der Waals surface area contributed by atoms with Crippen LogP contribution in [0.25, 0.3) is 0 Å². The molecule has 1 atom stereocenters. The van der Waals surface area contributed by atoms with Crippen LogP contribution in [0.3, 0.4) is 0 Å². The normalized spacial score (nSPS) is 24.2. The number of aromatic nitrogens is 1. The molecule has 5 nitrogen and oxygen atoms in total. The number of alkyl halides is 2. The van der Waals surface area contributed by atoms with E-state index in [0.717, 1.165) is 31.6 Å². The first-order chi connectivity index (χ1) is 12.6. The fourth-order valence-electron chi connectivity index (χ4n) is 4.32. The van der Waals surface area contributed by atoms with Gasteiger partial charge in [-0.2, -0.15) is 0 Å². The highest BCUT2D eigenvalue weighted by Gasteiger charge is 2.54. The molecule has 0 saturated carbocycles. The fourth-order valence-corrected chi connectivity index (χ4v) is 4.32. The minimum Gasteiger partial charge on any atom is -0.370 e. The van der Waals surface area contributed by atoms with Crippen LogP contribution in [0.5, 0.6) is 0 Å². The molecular weight excluding hydrogens is 350 g/mol. The van der Waals surface area contributed by atoms with Crippen LogP contribution in [0.1, 0.15) is 44.1 Å². The number of hydrogen-bond donors (Lipinski definition) is 1. The first kappa shape index (κ1) is 20.0. The van der Waals surface area contributed by atoms with Gasteiger partial charge in [0.1, 0.15) is 5.69 Å². The third-order valence-electron chi connectivity index (χ3n) is 5.94. The lowest BCUT2D eigenvalue weighted by Crippen LogP contribution is -2.44. The van der Waals surface area contributed by atoms with E-state index >= 15 is 0 Å². The second-order valence-corrected chi connectivity index (χ2v) is 8.81. The van der Waals surface area contributed by atoms with Gasteiger partial charge in [-0.1, -0.05) is 20.8 Å². The van der Waals surface area contributed by atoms with Gasteiger partial charge in [-0.15, -0.1) is 0 Å². The Labute approximate surface area is 160 Å². The van der Waals surface area contributed by atoms with Crippen molar-refractivity contribution in [1.29, 1.82) is 0 Å². The highest BCUT2D eigenvalue weighted by molar-refractivity contribution is 5.92. The van der Waals surface area contributed by atoms with E-state index in [2.05, 4.69) is 15.2 Å². The molecule has 27 heavy (non-hydrogen) atoms. The fraction of sp³-hybridized carbons (Fsp3) is 0.700. The summed E-state index contributed by atoms with van der Waals surface area (Å²) in [6.45, 7) is 7.71. The Balaban J connectivity index is 1.59. The average Bonchev–Trinajstić information content (AvgIpc) is 2.97. The van der Waals surface area contributed by atoms with Crippen molar-refractivity contribution in [3.8, 4) is 0 Å². The zero-order valence-corrected chi connectivity index (χ0v) is 16.6. The number of carbonyl (C=O) groups is 1. The number of nitrogens with one attached hydrogen (secondary N) is 1. The number of anilines is 1. The Morgan fingerprint density at radius 3 is 2.41 bits per heavy atom. The molecule has 1 unspecified atom stereocenters. The Kier molecular flexibility index (Phi) is 5.43. The third kappa shape index (κ3) is 4.23. The molecule has 2 aliphatic heterocycles. The van der Waals surface area contributed by atoms with Crippen molar-refractivity contribution >= 4 is 11.6 Å². The molecule has 1 aromatic rings. The molecule has 0 spiro atoms. The summed E-state index contributed by atoms with van der Waals surface area (Å²) in [6.07, 6.45) is 3.44. The van der Waals surface area contributed by atoms with Crippen LogP contribution in [-0.2, 0) is 0 Å². The number of pyridine rings is 1. The molecule has 1 N–H and O–H groups in total. The van der Waals surface area contributed by atoms with Gasteiger partial charge in [0, 0.05) is 38.6 Å². The van der Waals surface area contributed by atoms with Crippen molar-refractivity contribution < 1.29 is 13.6 Å². The number of rotatable bonds is 3. The van der Waals surface area contributed by atoms with Crippen molar-refractivity contribution in [3.05, 3.63) is 24.0 Å². The van der Waals surface area contributed by atoms with E-state index in [9.17, 15) is 13.6 Å². The van der Waals surface area contributed by atoms with Crippen LogP contribution in [-0.4, -0.2) is 61.0 Å². The van der Waals surface area contributed by atoms with Crippen LogP contribution in [0.4, 0.5) is 14.5 Å².